The molecule has 118 valence electrons. The maximum atomic E-state index is 12.5. The van der Waals surface area contributed by atoms with Crippen molar-refractivity contribution in [1.82, 2.24) is 14.7 Å². The van der Waals surface area contributed by atoms with Gasteiger partial charge in [0.1, 0.15) is 0 Å². The summed E-state index contributed by atoms with van der Waals surface area (Å²) < 4.78 is 30.8. The van der Waals surface area contributed by atoms with Gasteiger partial charge in [-0.1, -0.05) is 0 Å². The Morgan fingerprint density at radius 1 is 1.50 bits per heavy atom. The average molecular weight is 323 g/mol. The maximum Gasteiger partial charge on any atom is 0.290 e. The van der Waals surface area contributed by atoms with E-state index in [0.717, 1.165) is 5.56 Å². The third-order valence-corrected chi connectivity index (χ3v) is 5.41. The van der Waals surface area contributed by atoms with E-state index in [2.05, 4.69) is 5.10 Å². The minimum atomic E-state index is -3.17. The summed E-state index contributed by atoms with van der Waals surface area (Å²) in [4.78, 5) is 14.1. The first-order valence-electron chi connectivity index (χ1n) is 7.07. The van der Waals surface area contributed by atoms with Crippen LogP contribution in [-0.4, -0.2) is 47.1 Å². The Kier molecular flexibility index (Phi) is 3.78. The van der Waals surface area contributed by atoms with E-state index in [1.54, 1.807) is 34.1 Å². The average Bonchev–Trinajstić information content (AvgIpc) is 3.17. The molecule has 0 saturated carbocycles. The molecule has 1 aliphatic rings. The number of aryl methyl sites for hydroxylation is 1. The highest BCUT2D eigenvalue weighted by molar-refractivity contribution is 7.91. The van der Waals surface area contributed by atoms with E-state index < -0.39 is 15.9 Å². The number of carbonyl (C=O) groups is 1. The number of rotatable bonds is 3. The zero-order valence-corrected chi connectivity index (χ0v) is 13.0. The summed E-state index contributed by atoms with van der Waals surface area (Å²) in [5.74, 6) is -0.200. The summed E-state index contributed by atoms with van der Waals surface area (Å²) >= 11 is 0. The van der Waals surface area contributed by atoms with Crippen LogP contribution >= 0.6 is 0 Å². The van der Waals surface area contributed by atoms with Gasteiger partial charge in [-0.2, -0.15) is 5.10 Å². The number of furan rings is 1. The second kappa shape index (κ2) is 5.60. The van der Waals surface area contributed by atoms with Crippen molar-refractivity contribution in [1.29, 1.82) is 0 Å². The van der Waals surface area contributed by atoms with Crippen molar-refractivity contribution in [3.05, 3.63) is 42.1 Å². The van der Waals surface area contributed by atoms with Crippen molar-refractivity contribution in [2.45, 2.75) is 19.5 Å². The van der Waals surface area contributed by atoms with Gasteiger partial charge in [0.2, 0.25) is 0 Å². The van der Waals surface area contributed by atoms with Crippen LogP contribution in [-0.2, 0) is 16.4 Å². The molecule has 0 N–H and O–H groups in total. The molecule has 22 heavy (non-hydrogen) atoms. The van der Waals surface area contributed by atoms with Crippen molar-refractivity contribution >= 4 is 15.7 Å². The van der Waals surface area contributed by atoms with Gasteiger partial charge in [-0.15, -0.1) is 0 Å². The number of hydrogen-bond acceptors (Lipinski definition) is 5. The maximum absolute atomic E-state index is 12.5. The minimum Gasteiger partial charge on any atom is -0.459 e. The molecule has 0 spiro atoms. The molecule has 1 fully saturated rings. The van der Waals surface area contributed by atoms with E-state index in [1.165, 1.54) is 6.26 Å². The van der Waals surface area contributed by atoms with Crippen molar-refractivity contribution in [3.8, 4) is 0 Å². The summed E-state index contributed by atoms with van der Waals surface area (Å²) in [6.45, 7) is 2.79. The highest BCUT2D eigenvalue weighted by Gasteiger charge is 2.36. The fourth-order valence-corrected chi connectivity index (χ4v) is 4.09. The number of hydrogen-bond donors (Lipinski definition) is 0. The molecule has 1 atom stereocenters. The molecule has 3 rings (SSSR count). The first-order chi connectivity index (χ1) is 10.5. The summed E-state index contributed by atoms with van der Waals surface area (Å²) in [7, 11) is -3.17. The summed E-state index contributed by atoms with van der Waals surface area (Å²) in [5.41, 5.74) is 0.727. The SMILES string of the molecule is CCn1cc(C2CS(=O)(=O)CCN2C(=O)c2ccco2)cn1. The quantitative estimate of drug-likeness (QED) is 0.844. The first kappa shape index (κ1) is 14.8. The molecule has 1 unspecified atom stereocenters. The van der Waals surface area contributed by atoms with Gasteiger partial charge in [0.15, 0.2) is 15.6 Å². The monoisotopic (exact) mass is 323 g/mol. The fraction of sp³-hybridized carbons (Fsp3) is 0.429. The van der Waals surface area contributed by atoms with E-state index in [4.69, 9.17) is 4.42 Å². The van der Waals surface area contributed by atoms with Crippen LogP contribution < -0.4 is 0 Å². The topological polar surface area (TPSA) is 85.4 Å². The van der Waals surface area contributed by atoms with Gasteiger partial charge in [-0.05, 0) is 19.1 Å². The van der Waals surface area contributed by atoms with Crippen LogP contribution in [0.1, 0.15) is 29.1 Å². The predicted molar refractivity (Wildman–Crippen MR) is 79.0 cm³/mol. The number of aromatic nitrogens is 2. The highest BCUT2D eigenvalue weighted by Crippen LogP contribution is 2.28. The van der Waals surface area contributed by atoms with Crippen molar-refractivity contribution in [3.63, 3.8) is 0 Å². The molecule has 0 aliphatic carbocycles. The largest absolute Gasteiger partial charge is 0.459 e. The minimum absolute atomic E-state index is 0.0299. The molecule has 1 saturated heterocycles. The lowest BCUT2D eigenvalue weighted by Crippen LogP contribution is -2.46. The summed E-state index contributed by atoms with van der Waals surface area (Å²) in [5, 5.41) is 4.17. The van der Waals surface area contributed by atoms with Gasteiger partial charge in [0.25, 0.3) is 5.91 Å². The zero-order valence-electron chi connectivity index (χ0n) is 12.2. The number of amides is 1. The molecular weight excluding hydrogens is 306 g/mol. The molecule has 0 radical (unpaired) electrons. The zero-order chi connectivity index (χ0) is 15.7. The number of carbonyl (C=O) groups excluding carboxylic acids is 1. The Morgan fingerprint density at radius 3 is 2.95 bits per heavy atom. The molecule has 2 aromatic heterocycles. The van der Waals surface area contributed by atoms with E-state index in [1.807, 2.05) is 6.92 Å². The molecule has 1 aliphatic heterocycles. The van der Waals surface area contributed by atoms with E-state index in [-0.39, 0.29) is 29.7 Å². The first-order valence-corrected chi connectivity index (χ1v) is 8.89. The van der Waals surface area contributed by atoms with Crippen LogP contribution in [0.3, 0.4) is 0 Å². The lowest BCUT2D eigenvalue weighted by Gasteiger charge is -2.34. The summed E-state index contributed by atoms with van der Waals surface area (Å²) in [6, 6.07) is 2.69. The molecule has 1 amide bonds. The van der Waals surface area contributed by atoms with Gasteiger partial charge in [0.05, 0.1) is 30.0 Å². The van der Waals surface area contributed by atoms with Crippen molar-refractivity contribution < 1.29 is 17.6 Å². The number of nitrogens with zero attached hydrogens (tertiary/aromatic N) is 3. The van der Waals surface area contributed by atoms with Crippen molar-refractivity contribution in [2.24, 2.45) is 0 Å². The van der Waals surface area contributed by atoms with Crippen LogP contribution in [0.25, 0.3) is 0 Å². The standard InChI is InChI=1S/C14H17N3O4S/c1-2-16-9-11(8-15-16)12-10-22(19,20)7-5-17(12)14(18)13-4-3-6-21-13/h3-4,6,8-9,12H,2,5,7,10H2,1H3. The van der Waals surface area contributed by atoms with Gasteiger partial charge in [-0.3, -0.25) is 9.48 Å². The summed E-state index contributed by atoms with van der Waals surface area (Å²) in [6.07, 6.45) is 4.84. The van der Waals surface area contributed by atoms with Crippen LogP contribution in [0.15, 0.2) is 35.2 Å². The normalized spacial score (nSPS) is 21.0. The Morgan fingerprint density at radius 2 is 2.32 bits per heavy atom. The van der Waals surface area contributed by atoms with E-state index in [9.17, 15) is 13.2 Å². The Hall–Kier alpha value is -2.09. The third kappa shape index (κ3) is 2.78. The highest BCUT2D eigenvalue weighted by atomic mass is 32.2. The molecule has 0 bridgehead atoms. The molecular formula is C14H17N3O4S. The second-order valence-electron chi connectivity index (χ2n) is 5.24. The Bertz CT molecular complexity index is 764. The lowest BCUT2D eigenvalue weighted by molar-refractivity contribution is 0.0665. The van der Waals surface area contributed by atoms with Crippen LogP contribution in [0, 0.1) is 0 Å². The van der Waals surface area contributed by atoms with Crippen LogP contribution in [0.5, 0.6) is 0 Å². The number of sulfone groups is 1. The smallest absolute Gasteiger partial charge is 0.290 e. The van der Waals surface area contributed by atoms with Crippen LogP contribution in [0.2, 0.25) is 0 Å². The molecule has 3 heterocycles. The second-order valence-corrected chi connectivity index (χ2v) is 7.46. The van der Waals surface area contributed by atoms with Crippen molar-refractivity contribution in [2.75, 3.05) is 18.1 Å². The molecule has 7 nitrogen and oxygen atoms in total. The van der Waals surface area contributed by atoms with E-state index in [0.29, 0.717) is 6.54 Å². The third-order valence-electron chi connectivity index (χ3n) is 3.79. The van der Waals surface area contributed by atoms with Gasteiger partial charge < -0.3 is 9.32 Å². The molecule has 8 heteroatoms. The Balaban J connectivity index is 1.94. The Labute approximate surface area is 128 Å². The van der Waals surface area contributed by atoms with E-state index >= 15 is 0 Å². The van der Waals surface area contributed by atoms with Crippen LogP contribution in [0.4, 0.5) is 0 Å². The molecule has 0 aromatic carbocycles. The predicted octanol–water partition coefficient (Wildman–Crippen LogP) is 1.11. The van der Waals surface area contributed by atoms with Gasteiger partial charge >= 0.3 is 0 Å². The van der Waals surface area contributed by atoms with Gasteiger partial charge in [-0.25, -0.2) is 8.42 Å². The lowest BCUT2D eigenvalue weighted by atomic mass is 10.1. The molecule has 2 aromatic rings. The van der Waals surface area contributed by atoms with Gasteiger partial charge in [0, 0.05) is 24.8 Å². The fourth-order valence-electron chi connectivity index (χ4n) is 2.59.